The second kappa shape index (κ2) is 7.25. The Labute approximate surface area is 155 Å². The minimum Gasteiger partial charge on any atom is -0.454 e. The van der Waals surface area contributed by atoms with Crippen LogP contribution >= 0.6 is 15.9 Å². The minimum atomic E-state index is -0.639. The van der Waals surface area contributed by atoms with Crippen molar-refractivity contribution in [1.82, 2.24) is 0 Å². The van der Waals surface area contributed by atoms with Crippen molar-refractivity contribution in [2.45, 2.75) is 0 Å². The van der Waals surface area contributed by atoms with Gasteiger partial charge >= 0.3 is 0 Å². The first-order chi connectivity index (χ1) is 12.5. The average molecular weight is 416 g/mol. The minimum absolute atomic E-state index is 0.119. The van der Waals surface area contributed by atoms with Crippen LogP contribution in [0.15, 0.2) is 46.4 Å². The number of non-ortho nitro benzene ring substituents is 1. The molecule has 9 heteroatoms. The van der Waals surface area contributed by atoms with Crippen LogP contribution in [-0.2, 0) is 4.79 Å². The molecule has 1 aliphatic heterocycles. The van der Waals surface area contributed by atoms with Crippen LogP contribution in [0.5, 0.6) is 11.5 Å². The van der Waals surface area contributed by atoms with Crippen molar-refractivity contribution in [2.24, 2.45) is 0 Å². The van der Waals surface area contributed by atoms with Gasteiger partial charge in [-0.05, 0) is 45.8 Å². The maximum Gasteiger partial charge on any atom is 0.270 e. The van der Waals surface area contributed by atoms with Gasteiger partial charge in [-0.2, -0.15) is 5.26 Å². The van der Waals surface area contributed by atoms with E-state index in [0.717, 1.165) is 0 Å². The highest BCUT2D eigenvalue weighted by Gasteiger charge is 2.16. The molecule has 2 aromatic rings. The van der Waals surface area contributed by atoms with Gasteiger partial charge in [-0.1, -0.05) is 6.07 Å². The molecule has 3 rings (SSSR count). The summed E-state index contributed by atoms with van der Waals surface area (Å²) in [6, 6.07) is 10.8. The molecular formula is C17H10BrN3O5. The van der Waals surface area contributed by atoms with Crippen molar-refractivity contribution >= 4 is 39.3 Å². The Morgan fingerprint density at radius 2 is 2.04 bits per heavy atom. The number of carbonyl (C=O) groups is 1. The number of nitro groups is 1. The molecule has 0 aromatic heterocycles. The van der Waals surface area contributed by atoms with Gasteiger partial charge in [0.25, 0.3) is 11.6 Å². The number of nitrogens with zero attached hydrogens (tertiary/aromatic N) is 2. The fourth-order valence-electron chi connectivity index (χ4n) is 2.23. The molecule has 0 aliphatic carbocycles. The highest BCUT2D eigenvalue weighted by atomic mass is 79.9. The van der Waals surface area contributed by atoms with E-state index < -0.39 is 10.8 Å². The molecule has 2 aromatic carbocycles. The van der Waals surface area contributed by atoms with Crippen LogP contribution in [0.2, 0.25) is 0 Å². The van der Waals surface area contributed by atoms with Gasteiger partial charge in [0.2, 0.25) is 6.79 Å². The third-order valence-corrected chi connectivity index (χ3v) is 4.14. The van der Waals surface area contributed by atoms with Crippen molar-refractivity contribution in [1.29, 1.82) is 5.26 Å². The number of nitro benzene ring substituents is 1. The van der Waals surface area contributed by atoms with Crippen LogP contribution in [0.1, 0.15) is 5.56 Å². The van der Waals surface area contributed by atoms with E-state index in [2.05, 4.69) is 21.2 Å². The molecule has 0 fully saturated rings. The molecule has 0 spiro atoms. The molecule has 0 saturated heterocycles. The summed E-state index contributed by atoms with van der Waals surface area (Å²) in [6.45, 7) is 0.127. The number of nitrogens with one attached hydrogen (secondary N) is 1. The first kappa shape index (κ1) is 17.4. The Morgan fingerprint density at radius 1 is 1.27 bits per heavy atom. The second-order valence-corrected chi connectivity index (χ2v) is 6.01. The molecular weight excluding hydrogens is 406 g/mol. The van der Waals surface area contributed by atoms with Gasteiger partial charge in [0.05, 0.1) is 10.6 Å². The van der Waals surface area contributed by atoms with E-state index in [1.165, 1.54) is 24.3 Å². The monoisotopic (exact) mass is 415 g/mol. The summed E-state index contributed by atoms with van der Waals surface area (Å²) in [7, 11) is 0. The summed E-state index contributed by atoms with van der Waals surface area (Å²) in [5, 5.41) is 22.6. The number of ether oxygens (including phenoxy) is 2. The normalized spacial score (nSPS) is 12.4. The highest BCUT2D eigenvalue weighted by molar-refractivity contribution is 9.10. The summed E-state index contributed by atoms with van der Waals surface area (Å²) in [5.74, 6) is 0.495. The molecule has 0 atom stereocenters. The number of carbonyl (C=O) groups excluding carboxylic acids is 1. The van der Waals surface area contributed by atoms with Crippen molar-refractivity contribution in [3.8, 4) is 17.6 Å². The van der Waals surface area contributed by atoms with Crippen molar-refractivity contribution < 1.29 is 19.2 Å². The summed E-state index contributed by atoms with van der Waals surface area (Å²) < 4.78 is 10.8. The predicted molar refractivity (Wildman–Crippen MR) is 95.6 cm³/mol. The number of fused-ring (bicyclic) bond motifs is 1. The first-order valence-corrected chi connectivity index (χ1v) is 8.04. The van der Waals surface area contributed by atoms with Crippen LogP contribution in [0.4, 0.5) is 11.4 Å². The summed E-state index contributed by atoms with van der Waals surface area (Å²) in [6.07, 6.45) is 1.41. The van der Waals surface area contributed by atoms with Gasteiger partial charge in [0, 0.05) is 16.6 Å². The van der Waals surface area contributed by atoms with E-state index in [1.54, 1.807) is 18.2 Å². The quantitative estimate of drug-likeness (QED) is 0.352. The molecule has 1 heterocycles. The molecule has 0 saturated carbocycles. The lowest BCUT2D eigenvalue weighted by atomic mass is 10.1. The van der Waals surface area contributed by atoms with Crippen LogP contribution in [0, 0.1) is 21.4 Å². The van der Waals surface area contributed by atoms with Crippen LogP contribution in [0.3, 0.4) is 0 Å². The average Bonchev–Trinajstić information content (AvgIpc) is 3.08. The molecule has 130 valence electrons. The molecule has 8 nitrogen and oxygen atoms in total. The maximum absolute atomic E-state index is 12.3. The number of rotatable bonds is 4. The van der Waals surface area contributed by atoms with Gasteiger partial charge in [-0.25, -0.2) is 0 Å². The lowest BCUT2D eigenvalue weighted by molar-refractivity contribution is -0.384. The summed E-state index contributed by atoms with van der Waals surface area (Å²) >= 11 is 3.16. The Balaban J connectivity index is 1.81. The van der Waals surface area contributed by atoms with E-state index >= 15 is 0 Å². The summed E-state index contributed by atoms with van der Waals surface area (Å²) in [5.41, 5.74) is 0.663. The number of benzene rings is 2. The fraction of sp³-hybridized carbons (Fsp3) is 0.0588. The largest absolute Gasteiger partial charge is 0.454 e. The zero-order valence-corrected chi connectivity index (χ0v) is 14.6. The van der Waals surface area contributed by atoms with Gasteiger partial charge in [0.15, 0.2) is 11.5 Å². The Hall–Kier alpha value is -3.38. The van der Waals surface area contributed by atoms with Crippen molar-refractivity contribution in [3.05, 3.63) is 62.1 Å². The number of nitriles is 1. The summed E-state index contributed by atoms with van der Waals surface area (Å²) in [4.78, 5) is 22.5. The van der Waals surface area contributed by atoms with Gasteiger partial charge in [-0.15, -0.1) is 0 Å². The van der Waals surface area contributed by atoms with Crippen molar-refractivity contribution in [3.63, 3.8) is 0 Å². The Morgan fingerprint density at radius 3 is 2.73 bits per heavy atom. The molecule has 0 radical (unpaired) electrons. The topological polar surface area (TPSA) is 114 Å². The number of hydrogen-bond acceptors (Lipinski definition) is 6. The van der Waals surface area contributed by atoms with Crippen molar-refractivity contribution in [2.75, 3.05) is 12.1 Å². The Kier molecular flexibility index (Phi) is 4.86. The van der Waals surface area contributed by atoms with E-state index in [1.807, 2.05) is 6.07 Å². The molecule has 0 unspecified atom stereocenters. The second-order valence-electron chi connectivity index (χ2n) is 5.16. The first-order valence-electron chi connectivity index (χ1n) is 7.24. The Bertz CT molecular complexity index is 981. The third kappa shape index (κ3) is 3.65. The SMILES string of the molecule is N#C/C(=C\c1ccc2c(c1)OCO2)C(=O)Nc1ccc([N+](=O)[O-])cc1Br. The number of amides is 1. The van der Waals surface area contributed by atoms with E-state index in [-0.39, 0.29) is 18.1 Å². The number of hydrogen-bond donors (Lipinski definition) is 1. The smallest absolute Gasteiger partial charge is 0.270 e. The zero-order chi connectivity index (χ0) is 18.7. The predicted octanol–water partition coefficient (Wildman–Crippen LogP) is 3.63. The van der Waals surface area contributed by atoms with Crippen LogP contribution in [-0.4, -0.2) is 17.6 Å². The lowest BCUT2D eigenvalue weighted by Gasteiger charge is -2.07. The maximum atomic E-state index is 12.3. The number of halogens is 1. The third-order valence-electron chi connectivity index (χ3n) is 3.48. The van der Waals surface area contributed by atoms with E-state index in [0.29, 0.717) is 27.2 Å². The number of anilines is 1. The van der Waals surface area contributed by atoms with E-state index in [9.17, 15) is 20.2 Å². The van der Waals surface area contributed by atoms with Gasteiger partial charge in [0.1, 0.15) is 11.6 Å². The van der Waals surface area contributed by atoms with Crippen LogP contribution in [0.25, 0.3) is 6.08 Å². The molecule has 1 N–H and O–H groups in total. The van der Waals surface area contributed by atoms with Gasteiger partial charge < -0.3 is 14.8 Å². The zero-order valence-electron chi connectivity index (χ0n) is 13.1. The molecule has 0 bridgehead atoms. The lowest BCUT2D eigenvalue weighted by Crippen LogP contribution is -2.13. The van der Waals surface area contributed by atoms with E-state index in [4.69, 9.17) is 9.47 Å². The molecule has 1 amide bonds. The fourth-order valence-corrected chi connectivity index (χ4v) is 2.69. The molecule has 1 aliphatic rings. The highest BCUT2D eigenvalue weighted by Crippen LogP contribution is 2.33. The van der Waals surface area contributed by atoms with Crippen LogP contribution < -0.4 is 14.8 Å². The van der Waals surface area contributed by atoms with Gasteiger partial charge in [-0.3, -0.25) is 14.9 Å². The standard InChI is InChI=1S/C17H10BrN3O5/c18-13-7-12(21(23)24)2-3-14(13)20-17(22)11(8-19)5-10-1-4-15-16(6-10)26-9-25-15/h1-7H,9H2,(H,20,22)/b11-5+. The molecule has 26 heavy (non-hydrogen) atoms.